The minimum absolute atomic E-state index is 0.00154. The van der Waals surface area contributed by atoms with Gasteiger partial charge in [-0.25, -0.2) is 4.98 Å². The monoisotopic (exact) mass is 345 g/mol. The number of nitrogens with zero attached hydrogens (tertiary/aromatic N) is 3. The summed E-state index contributed by atoms with van der Waals surface area (Å²) in [4.78, 5) is 31.2. The predicted molar refractivity (Wildman–Crippen MR) is 93.4 cm³/mol. The van der Waals surface area contributed by atoms with E-state index >= 15 is 0 Å². The number of aryl methyl sites for hydroxylation is 1. The second kappa shape index (κ2) is 7.76. The van der Waals surface area contributed by atoms with Gasteiger partial charge in [0.25, 0.3) is 5.56 Å². The van der Waals surface area contributed by atoms with E-state index in [0.717, 1.165) is 6.42 Å². The number of amides is 1. The molecule has 1 aliphatic heterocycles. The van der Waals surface area contributed by atoms with Crippen molar-refractivity contribution in [1.29, 1.82) is 0 Å². The van der Waals surface area contributed by atoms with Gasteiger partial charge in [0.1, 0.15) is 0 Å². The predicted octanol–water partition coefficient (Wildman–Crippen LogP) is 1.05. The maximum Gasteiger partial charge on any atom is 0.261 e. The topological polar surface area (TPSA) is 73.7 Å². The first-order chi connectivity index (χ1) is 12.1. The molecule has 2 atom stereocenters. The van der Waals surface area contributed by atoms with Crippen molar-refractivity contribution in [2.75, 3.05) is 27.4 Å². The van der Waals surface area contributed by atoms with Crippen LogP contribution in [-0.4, -0.2) is 59.9 Å². The molecule has 1 aromatic carbocycles. The van der Waals surface area contributed by atoms with Crippen molar-refractivity contribution < 1.29 is 14.3 Å². The normalized spacial score (nSPS) is 20.3. The molecule has 0 saturated carbocycles. The quantitative estimate of drug-likeness (QED) is 0.782. The van der Waals surface area contributed by atoms with Gasteiger partial charge >= 0.3 is 0 Å². The highest BCUT2D eigenvalue weighted by atomic mass is 16.5. The summed E-state index contributed by atoms with van der Waals surface area (Å²) in [6.07, 6.45) is 2.56. The van der Waals surface area contributed by atoms with Crippen LogP contribution in [0.4, 0.5) is 0 Å². The van der Waals surface area contributed by atoms with E-state index in [1.165, 1.54) is 10.9 Å². The van der Waals surface area contributed by atoms with Gasteiger partial charge < -0.3 is 14.4 Å². The van der Waals surface area contributed by atoms with E-state index in [0.29, 0.717) is 30.6 Å². The standard InChI is InChI=1S/C18H23N3O4/c1-24-11-13-9-14(25-2)10-21(13)17(22)7-8-20-12-19-16-6-4-3-5-15(16)18(20)23/h3-6,12-14H,7-11H2,1-2H3/t13-,14+/m0/s1. The summed E-state index contributed by atoms with van der Waals surface area (Å²) in [5.74, 6) is 0.00154. The lowest BCUT2D eigenvalue weighted by Gasteiger charge is -2.24. The van der Waals surface area contributed by atoms with Gasteiger partial charge in [-0.05, 0) is 18.6 Å². The van der Waals surface area contributed by atoms with Gasteiger partial charge in [-0.1, -0.05) is 12.1 Å². The lowest BCUT2D eigenvalue weighted by molar-refractivity contribution is -0.133. The number of fused-ring (bicyclic) bond motifs is 1. The molecule has 1 aliphatic rings. The first-order valence-electron chi connectivity index (χ1n) is 8.39. The summed E-state index contributed by atoms with van der Waals surface area (Å²) < 4.78 is 12.1. The van der Waals surface area contributed by atoms with Crippen molar-refractivity contribution in [3.8, 4) is 0 Å². The molecule has 0 unspecified atom stereocenters. The molecule has 1 aromatic heterocycles. The van der Waals surface area contributed by atoms with E-state index in [9.17, 15) is 9.59 Å². The number of rotatable bonds is 6. The number of likely N-dealkylation sites (tertiary alicyclic amines) is 1. The third kappa shape index (κ3) is 3.72. The van der Waals surface area contributed by atoms with E-state index in [2.05, 4.69) is 4.98 Å². The van der Waals surface area contributed by atoms with Crippen LogP contribution in [0.5, 0.6) is 0 Å². The summed E-state index contributed by atoms with van der Waals surface area (Å²) in [6.45, 7) is 1.36. The number of carbonyl (C=O) groups is 1. The first kappa shape index (κ1) is 17.6. The summed E-state index contributed by atoms with van der Waals surface area (Å²) in [7, 11) is 3.28. The molecule has 0 radical (unpaired) electrons. The number of hydrogen-bond donors (Lipinski definition) is 0. The van der Waals surface area contributed by atoms with E-state index in [1.54, 1.807) is 31.3 Å². The van der Waals surface area contributed by atoms with Crippen LogP contribution in [0.1, 0.15) is 12.8 Å². The molecule has 25 heavy (non-hydrogen) atoms. The Bertz CT molecular complexity index is 804. The zero-order chi connectivity index (χ0) is 17.8. The molecule has 7 nitrogen and oxygen atoms in total. The molecule has 0 aliphatic carbocycles. The fourth-order valence-electron chi connectivity index (χ4n) is 3.33. The van der Waals surface area contributed by atoms with E-state index in [1.807, 2.05) is 12.1 Å². The Balaban J connectivity index is 1.69. The van der Waals surface area contributed by atoms with Crippen LogP contribution < -0.4 is 5.56 Å². The molecule has 2 heterocycles. The van der Waals surface area contributed by atoms with Crippen molar-refractivity contribution in [3.05, 3.63) is 40.9 Å². The fourth-order valence-corrected chi connectivity index (χ4v) is 3.33. The van der Waals surface area contributed by atoms with Gasteiger partial charge in [-0.2, -0.15) is 0 Å². The minimum atomic E-state index is -0.122. The van der Waals surface area contributed by atoms with Crippen LogP contribution in [0.25, 0.3) is 10.9 Å². The largest absolute Gasteiger partial charge is 0.383 e. The van der Waals surface area contributed by atoms with Crippen LogP contribution in [0.3, 0.4) is 0 Å². The van der Waals surface area contributed by atoms with Crippen LogP contribution in [0, 0.1) is 0 Å². The number of carbonyl (C=O) groups excluding carboxylic acids is 1. The average Bonchev–Trinajstić information content (AvgIpc) is 3.05. The molecule has 3 rings (SSSR count). The summed E-state index contributed by atoms with van der Waals surface area (Å²) in [6, 6.07) is 7.23. The number of para-hydroxylation sites is 1. The van der Waals surface area contributed by atoms with Crippen LogP contribution in [0.2, 0.25) is 0 Å². The number of ether oxygens (including phenoxy) is 2. The molecule has 2 aromatic rings. The molecule has 1 saturated heterocycles. The third-order valence-electron chi connectivity index (χ3n) is 4.69. The second-order valence-corrected chi connectivity index (χ2v) is 6.26. The molecule has 134 valence electrons. The molecule has 1 fully saturated rings. The zero-order valence-corrected chi connectivity index (χ0v) is 14.6. The Kier molecular flexibility index (Phi) is 5.45. The number of benzene rings is 1. The minimum Gasteiger partial charge on any atom is -0.383 e. The van der Waals surface area contributed by atoms with Crippen molar-refractivity contribution in [1.82, 2.24) is 14.5 Å². The van der Waals surface area contributed by atoms with Gasteiger partial charge in [0.05, 0.1) is 36.0 Å². The lowest BCUT2D eigenvalue weighted by Crippen LogP contribution is -2.39. The Morgan fingerprint density at radius 1 is 1.32 bits per heavy atom. The van der Waals surface area contributed by atoms with Gasteiger partial charge in [0.15, 0.2) is 0 Å². The van der Waals surface area contributed by atoms with Gasteiger partial charge in [-0.15, -0.1) is 0 Å². The smallest absolute Gasteiger partial charge is 0.261 e. The summed E-state index contributed by atoms with van der Waals surface area (Å²) in [5, 5.41) is 0.565. The molecule has 1 amide bonds. The molecule has 0 bridgehead atoms. The van der Waals surface area contributed by atoms with Crippen molar-refractivity contribution in [2.24, 2.45) is 0 Å². The van der Waals surface area contributed by atoms with Crippen LogP contribution in [0.15, 0.2) is 35.4 Å². The maximum atomic E-state index is 12.6. The van der Waals surface area contributed by atoms with Crippen molar-refractivity contribution in [3.63, 3.8) is 0 Å². The van der Waals surface area contributed by atoms with Crippen LogP contribution >= 0.6 is 0 Å². The van der Waals surface area contributed by atoms with E-state index in [-0.39, 0.29) is 30.0 Å². The number of hydrogen-bond acceptors (Lipinski definition) is 5. The molecular weight excluding hydrogens is 322 g/mol. The number of methoxy groups -OCH3 is 2. The molecule has 0 spiro atoms. The number of aromatic nitrogens is 2. The molecule has 7 heteroatoms. The fraction of sp³-hybridized carbons (Fsp3) is 0.500. The van der Waals surface area contributed by atoms with Gasteiger partial charge in [-0.3, -0.25) is 14.2 Å². The Labute approximate surface area is 146 Å². The van der Waals surface area contributed by atoms with Crippen molar-refractivity contribution >= 4 is 16.8 Å². The first-order valence-corrected chi connectivity index (χ1v) is 8.39. The van der Waals surface area contributed by atoms with Crippen LogP contribution in [-0.2, 0) is 20.8 Å². The highest BCUT2D eigenvalue weighted by Gasteiger charge is 2.34. The summed E-state index contributed by atoms with van der Waals surface area (Å²) in [5.41, 5.74) is 0.542. The molecule has 0 N–H and O–H groups in total. The highest BCUT2D eigenvalue weighted by Crippen LogP contribution is 2.21. The summed E-state index contributed by atoms with van der Waals surface area (Å²) >= 11 is 0. The Morgan fingerprint density at radius 2 is 2.12 bits per heavy atom. The maximum absolute atomic E-state index is 12.6. The zero-order valence-electron chi connectivity index (χ0n) is 14.6. The lowest BCUT2D eigenvalue weighted by atomic mass is 10.2. The second-order valence-electron chi connectivity index (χ2n) is 6.26. The average molecular weight is 345 g/mol. The van der Waals surface area contributed by atoms with Gasteiger partial charge in [0.2, 0.25) is 5.91 Å². The van der Waals surface area contributed by atoms with E-state index in [4.69, 9.17) is 9.47 Å². The van der Waals surface area contributed by atoms with Crippen molar-refractivity contribution in [2.45, 2.75) is 31.5 Å². The Hall–Kier alpha value is -2.25. The van der Waals surface area contributed by atoms with E-state index < -0.39 is 0 Å². The highest BCUT2D eigenvalue weighted by molar-refractivity contribution is 5.78. The molecular formula is C18H23N3O4. The Morgan fingerprint density at radius 3 is 2.88 bits per heavy atom. The SMILES string of the molecule is COC[C@@H]1C[C@@H](OC)CN1C(=O)CCn1cnc2ccccc2c1=O. The van der Waals surface area contributed by atoms with Gasteiger partial charge in [0, 0.05) is 33.7 Å². The third-order valence-corrected chi connectivity index (χ3v) is 4.69.